The van der Waals surface area contributed by atoms with Gasteiger partial charge in [0.05, 0.1) is 13.0 Å². The van der Waals surface area contributed by atoms with Gasteiger partial charge in [0, 0.05) is 13.1 Å². The predicted molar refractivity (Wildman–Crippen MR) is 116 cm³/mol. The lowest BCUT2D eigenvalue weighted by atomic mass is 9.92. The minimum absolute atomic E-state index is 0.230. The first-order valence-corrected chi connectivity index (χ1v) is 10.5. The van der Waals surface area contributed by atoms with Crippen molar-refractivity contribution in [3.8, 4) is 5.75 Å². The highest BCUT2D eigenvalue weighted by Crippen LogP contribution is 2.30. The summed E-state index contributed by atoms with van der Waals surface area (Å²) in [5, 5.41) is 2.70. The smallest absolute Gasteiger partial charge is 0.325 e. The topological polar surface area (TPSA) is 105 Å². The summed E-state index contributed by atoms with van der Waals surface area (Å²) in [5.41, 5.74) is 0.198. The molecule has 0 spiro atoms. The average molecular weight is 444 g/mol. The van der Waals surface area contributed by atoms with Gasteiger partial charge in [-0.25, -0.2) is 4.79 Å². The van der Waals surface area contributed by atoms with Gasteiger partial charge in [0.25, 0.3) is 5.91 Å². The first-order chi connectivity index (χ1) is 15.2. The zero-order valence-electron chi connectivity index (χ0n) is 18.7. The number of nitrogens with one attached hydrogen (secondary N) is 1. The van der Waals surface area contributed by atoms with Crippen LogP contribution in [0.3, 0.4) is 0 Å². The number of rotatable bonds is 7. The maximum Gasteiger partial charge on any atom is 0.325 e. The second-order valence-corrected chi connectivity index (χ2v) is 8.39. The molecular weight excluding hydrogens is 414 g/mol. The van der Waals surface area contributed by atoms with E-state index >= 15 is 0 Å². The number of nitrogens with zero attached hydrogens (tertiary/aromatic N) is 2. The number of benzene rings is 1. The molecule has 0 aliphatic carbocycles. The standard InChI is InChI=1S/C23H29N3O6/c1-15(2)14-32-18-7-5-17(6-8-18)23(3)21(29)26(22(30)24-23)13-19(27)25-11-9-16(10-12-25)20(28)31-4/h5-8,16H,1,9-14H2,2-4H3,(H,24,30). The molecule has 0 saturated carbocycles. The monoisotopic (exact) mass is 443 g/mol. The highest BCUT2D eigenvalue weighted by atomic mass is 16.5. The minimum Gasteiger partial charge on any atom is -0.489 e. The molecule has 2 fully saturated rings. The third-order valence-corrected chi connectivity index (χ3v) is 5.87. The van der Waals surface area contributed by atoms with Gasteiger partial charge < -0.3 is 19.7 Å². The molecule has 0 radical (unpaired) electrons. The Balaban J connectivity index is 1.63. The number of esters is 1. The number of urea groups is 1. The van der Waals surface area contributed by atoms with Crippen LogP contribution in [-0.2, 0) is 24.7 Å². The molecule has 2 aliphatic rings. The number of amides is 4. The molecule has 9 nitrogen and oxygen atoms in total. The van der Waals surface area contributed by atoms with Gasteiger partial charge in [0.2, 0.25) is 5.91 Å². The van der Waals surface area contributed by atoms with Crippen LogP contribution in [0.5, 0.6) is 5.75 Å². The summed E-state index contributed by atoms with van der Waals surface area (Å²) in [5.74, 6) is -0.704. The second-order valence-electron chi connectivity index (χ2n) is 8.39. The third-order valence-electron chi connectivity index (χ3n) is 5.87. The maximum absolute atomic E-state index is 13.1. The van der Waals surface area contributed by atoms with Crippen molar-refractivity contribution in [1.29, 1.82) is 0 Å². The highest BCUT2D eigenvalue weighted by Gasteiger charge is 2.49. The van der Waals surface area contributed by atoms with Crippen LogP contribution in [0.15, 0.2) is 36.4 Å². The first-order valence-electron chi connectivity index (χ1n) is 10.5. The Hall–Kier alpha value is -3.36. The summed E-state index contributed by atoms with van der Waals surface area (Å²) < 4.78 is 10.3. The Labute approximate surface area is 187 Å². The molecule has 1 aromatic carbocycles. The zero-order chi connectivity index (χ0) is 23.5. The number of likely N-dealkylation sites (tertiary alicyclic amines) is 1. The molecular formula is C23H29N3O6. The summed E-state index contributed by atoms with van der Waals surface area (Å²) in [6.07, 6.45) is 0.992. The molecule has 4 amide bonds. The summed E-state index contributed by atoms with van der Waals surface area (Å²) in [4.78, 5) is 52.5. The van der Waals surface area contributed by atoms with Crippen molar-refractivity contribution in [2.24, 2.45) is 5.92 Å². The van der Waals surface area contributed by atoms with Gasteiger partial charge in [-0.3, -0.25) is 19.3 Å². The van der Waals surface area contributed by atoms with Crippen molar-refractivity contribution in [2.75, 3.05) is 33.4 Å². The first kappa shape index (κ1) is 23.3. The van der Waals surface area contributed by atoms with Gasteiger partial charge >= 0.3 is 12.0 Å². The summed E-state index contributed by atoms with van der Waals surface area (Å²) in [6, 6.07) is 6.27. The quantitative estimate of drug-likeness (QED) is 0.392. The van der Waals surface area contributed by atoms with Crippen LogP contribution in [-0.4, -0.2) is 67.0 Å². The predicted octanol–water partition coefficient (Wildman–Crippen LogP) is 1.82. The molecule has 1 aromatic rings. The van der Waals surface area contributed by atoms with Crippen LogP contribution < -0.4 is 10.1 Å². The fourth-order valence-electron chi connectivity index (χ4n) is 3.89. The van der Waals surface area contributed by atoms with Crippen LogP contribution in [0.2, 0.25) is 0 Å². The summed E-state index contributed by atoms with van der Waals surface area (Å²) >= 11 is 0. The van der Waals surface area contributed by atoms with Gasteiger partial charge in [-0.15, -0.1) is 0 Å². The lowest BCUT2D eigenvalue weighted by molar-refractivity contribution is -0.149. The molecule has 172 valence electrons. The Kier molecular flexibility index (Phi) is 6.86. The van der Waals surface area contributed by atoms with Gasteiger partial charge in [-0.1, -0.05) is 18.7 Å². The molecule has 2 aliphatic heterocycles. The van der Waals surface area contributed by atoms with E-state index in [1.54, 1.807) is 36.1 Å². The lowest BCUT2D eigenvalue weighted by Crippen LogP contribution is -2.47. The lowest BCUT2D eigenvalue weighted by Gasteiger charge is -2.31. The number of imide groups is 1. The van der Waals surface area contributed by atoms with Crippen molar-refractivity contribution < 1.29 is 28.7 Å². The number of hydrogen-bond acceptors (Lipinski definition) is 6. The number of ether oxygens (including phenoxy) is 2. The maximum atomic E-state index is 13.1. The zero-order valence-corrected chi connectivity index (χ0v) is 18.7. The summed E-state index contributed by atoms with van der Waals surface area (Å²) in [6.45, 7) is 8.07. The third kappa shape index (κ3) is 4.76. The van der Waals surface area contributed by atoms with Gasteiger partial charge in [-0.05, 0) is 50.0 Å². The van der Waals surface area contributed by atoms with E-state index in [-0.39, 0.29) is 24.3 Å². The van der Waals surface area contributed by atoms with Gasteiger partial charge in [0.15, 0.2) is 0 Å². The van der Waals surface area contributed by atoms with Gasteiger partial charge in [0.1, 0.15) is 24.4 Å². The van der Waals surface area contributed by atoms with Crippen molar-refractivity contribution in [3.05, 3.63) is 42.0 Å². The Morgan fingerprint density at radius 1 is 1.19 bits per heavy atom. The van der Waals surface area contributed by atoms with Crippen LogP contribution in [0.4, 0.5) is 4.79 Å². The Morgan fingerprint density at radius 2 is 1.81 bits per heavy atom. The molecule has 0 aromatic heterocycles. The number of carbonyl (C=O) groups is 4. The molecule has 0 bridgehead atoms. The number of hydrogen-bond donors (Lipinski definition) is 1. The molecule has 2 saturated heterocycles. The molecule has 1 atom stereocenters. The van der Waals surface area contributed by atoms with E-state index in [2.05, 4.69) is 11.9 Å². The van der Waals surface area contributed by atoms with E-state index in [0.717, 1.165) is 10.5 Å². The summed E-state index contributed by atoms with van der Waals surface area (Å²) in [7, 11) is 1.34. The highest BCUT2D eigenvalue weighted by molar-refractivity contribution is 6.09. The van der Waals surface area contributed by atoms with E-state index in [0.29, 0.717) is 43.9 Å². The van der Waals surface area contributed by atoms with E-state index in [1.807, 2.05) is 6.92 Å². The van der Waals surface area contributed by atoms with Crippen molar-refractivity contribution in [2.45, 2.75) is 32.2 Å². The second kappa shape index (κ2) is 9.42. The molecule has 1 unspecified atom stereocenters. The van der Waals surface area contributed by atoms with Crippen LogP contribution in [0.25, 0.3) is 0 Å². The number of piperidine rings is 1. The van der Waals surface area contributed by atoms with E-state index in [1.165, 1.54) is 7.11 Å². The van der Waals surface area contributed by atoms with Crippen molar-refractivity contribution in [3.63, 3.8) is 0 Å². The van der Waals surface area contributed by atoms with Crippen molar-refractivity contribution in [1.82, 2.24) is 15.1 Å². The molecule has 32 heavy (non-hydrogen) atoms. The molecule has 1 N–H and O–H groups in total. The molecule has 2 heterocycles. The average Bonchev–Trinajstić information content (AvgIpc) is 3.01. The largest absolute Gasteiger partial charge is 0.489 e. The minimum atomic E-state index is -1.28. The Morgan fingerprint density at radius 3 is 2.38 bits per heavy atom. The molecule has 3 rings (SSSR count). The van der Waals surface area contributed by atoms with E-state index in [4.69, 9.17) is 9.47 Å². The normalized spacial score (nSPS) is 21.3. The van der Waals surface area contributed by atoms with E-state index < -0.39 is 17.5 Å². The van der Waals surface area contributed by atoms with Crippen molar-refractivity contribution >= 4 is 23.8 Å². The van der Waals surface area contributed by atoms with Crippen LogP contribution in [0, 0.1) is 5.92 Å². The fraction of sp³-hybridized carbons (Fsp3) is 0.478. The van der Waals surface area contributed by atoms with E-state index in [9.17, 15) is 19.2 Å². The molecule has 9 heteroatoms. The number of methoxy groups -OCH3 is 1. The number of carbonyl (C=O) groups excluding carboxylic acids is 4. The van der Waals surface area contributed by atoms with Crippen LogP contribution in [0.1, 0.15) is 32.3 Å². The Bertz CT molecular complexity index is 920. The SMILES string of the molecule is C=C(C)COc1ccc(C2(C)NC(=O)N(CC(=O)N3CCC(C(=O)OC)CC3)C2=O)cc1. The fourth-order valence-corrected chi connectivity index (χ4v) is 3.89. The van der Waals surface area contributed by atoms with Crippen LogP contribution >= 0.6 is 0 Å². The van der Waals surface area contributed by atoms with Gasteiger partial charge in [-0.2, -0.15) is 0 Å².